The van der Waals surface area contributed by atoms with Gasteiger partial charge in [-0.25, -0.2) is 4.79 Å². The monoisotopic (exact) mass is 445 g/mol. The molecule has 0 saturated carbocycles. The van der Waals surface area contributed by atoms with Crippen LogP contribution in [0.1, 0.15) is 17.2 Å². The molecule has 1 aliphatic heterocycles. The predicted molar refractivity (Wildman–Crippen MR) is 137 cm³/mol. The molecule has 4 rings (SSSR count). The third-order valence-electron chi connectivity index (χ3n) is 6.55. The highest BCUT2D eigenvalue weighted by Gasteiger charge is 2.24. The summed E-state index contributed by atoms with van der Waals surface area (Å²) in [5, 5.41) is 8.54. The summed E-state index contributed by atoms with van der Waals surface area (Å²) in [6, 6.07) is 23.2. The van der Waals surface area contributed by atoms with E-state index in [1.54, 1.807) is 0 Å². The zero-order valence-corrected chi connectivity index (χ0v) is 19.9. The summed E-state index contributed by atoms with van der Waals surface area (Å²) < 4.78 is 0. The first kappa shape index (κ1) is 23.1. The molecule has 3 aromatic rings. The van der Waals surface area contributed by atoms with Gasteiger partial charge in [-0.15, -0.1) is 0 Å². The van der Waals surface area contributed by atoms with E-state index in [-0.39, 0.29) is 12.1 Å². The van der Waals surface area contributed by atoms with Crippen LogP contribution in [-0.4, -0.2) is 69.7 Å². The van der Waals surface area contributed by atoms with Crippen LogP contribution < -0.4 is 15.5 Å². The molecule has 1 heterocycles. The molecular weight excluding hydrogens is 410 g/mol. The van der Waals surface area contributed by atoms with E-state index in [0.29, 0.717) is 13.1 Å². The number of fused-ring (bicyclic) bond motifs is 1. The Morgan fingerprint density at radius 2 is 1.61 bits per heavy atom. The number of piperazine rings is 1. The molecule has 0 bridgehead atoms. The minimum Gasteiger partial charge on any atom is -0.378 e. The molecule has 2 amide bonds. The highest BCUT2D eigenvalue weighted by atomic mass is 16.2. The predicted octanol–water partition coefficient (Wildman–Crippen LogP) is 3.69. The molecule has 1 aliphatic rings. The van der Waals surface area contributed by atoms with Crippen molar-refractivity contribution in [3.05, 3.63) is 77.9 Å². The van der Waals surface area contributed by atoms with Crippen LogP contribution in [0.5, 0.6) is 0 Å². The molecule has 1 saturated heterocycles. The van der Waals surface area contributed by atoms with Crippen LogP contribution >= 0.6 is 0 Å². The summed E-state index contributed by atoms with van der Waals surface area (Å²) in [6.07, 6.45) is 0. The Labute approximate surface area is 197 Å². The first-order valence-corrected chi connectivity index (χ1v) is 11.7. The van der Waals surface area contributed by atoms with Crippen LogP contribution in [0.25, 0.3) is 10.8 Å². The summed E-state index contributed by atoms with van der Waals surface area (Å²) >= 11 is 0. The van der Waals surface area contributed by atoms with Gasteiger partial charge in [-0.1, -0.05) is 54.6 Å². The minimum absolute atomic E-state index is 0.132. The van der Waals surface area contributed by atoms with Gasteiger partial charge in [0.25, 0.3) is 0 Å². The molecule has 33 heavy (non-hydrogen) atoms. The van der Waals surface area contributed by atoms with Crippen molar-refractivity contribution in [3.63, 3.8) is 0 Å². The fourth-order valence-electron chi connectivity index (χ4n) is 4.46. The van der Waals surface area contributed by atoms with Crippen molar-refractivity contribution in [2.24, 2.45) is 0 Å². The number of nitrogens with zero attached hydrogens (tertiary/aromatic N) is 3. The maximum Gasteiger partial charge on any atom is 0.315 e. The summed E-state index contributed by atoms with van der Waals surface area (Å²) in [6.45, 7) is 5.15. The van der Waals surface area contributed by atoms with E-state index in [2.05, 4.69) is 95.0 Å². The van der Waals surface area contributed by atoms with E-state index in [1.165, 1.54) is 22.0 Å². The molecule has 0 radical (unpaired) electrons. The van der Waals surface area contributed by atoms with Gasteiger partial charge in [0.15, 0.2) is 0 Å². The van der Waals surface area contributed by atoms with Crippen molar-refractivity contribution in [2.45, 2.75) is 12.6 Å². The molecule has 6 heteroatoms. The average molecular weight is 446 g/mol. The second kappa shape index (κ2) is 10.7. The van der Waals surface area contributed by atoms with Gasteiger partial charge in [0.05, 0.1) is 6.04 Å². The Morgan fingerprint density at radius 3 is 2.33 bits per heavy atom. The lowest BCUT2D eigenvalue weighted by molar-refractivity contribution is 0.111. The van der Waals surface area contributed by atoms with Gasteiger partial charge in [0.2, 0.25) is 0 Å². The van der Waals surface area contributed by atoms with Crippen molar-refractivity contribution in [3.8, 4) is 0 Å². The van der Waals surface area contributed by atoms with E-state index >= 15 is 0 Å². The van der Waals surface area contributed by atoms with Crippen molar-refractivity contribution in [1.82, 2.24) is 20.4 Å². The highest BCUT2D eigenvalue weighted by molar-refractivity contribution is 5.86. The molecule has 0 aromatic heterocycles. The molecular formula is C27H35N5O. The van der Waals surface area contributed by atoms with Gasteiger partial charge >= 0.3 is 6.03 Å². The van der Waals surface area contributed by atoms with Gasteiger partial charge in [0.1, 0.15) is 0 Å². The second-order valence-corrected chi connectivity index (χ2v) is 9.04. The van der Waals surface area contributed by atoms with Gasteiger partial charge in [-0.2, -0.15) is 0 Å². The fourth-order valence-corrected chi connectivity index (χ4v) is 4.46. The van der Waals surface area contributed by atoms with Crippen molar-refractivity contribution in [2.75, 3.05) is 58.8 Å². The van der Waals surface area contributed by atoms with Gasteiger partial charge in [0, 0.05) is 59.1 Å². The summed E-state index contributed by atoms with van der Waals surface area (Å²) in [5.41, 5.74) is 3.54. The number of amides is 2. The number of carbonyl (C=O) groups is 1. The quantitative estimate of drug-likeness (QED) is 0.582. The topological polar surface area (TPSA) is 50.9 Å². The van der Waals surface area contributed by atoms with Crippen LogP contribution in [0.15, 0.2) is 66.7 Å². The number of benzene rings is 3. The molecule has 2 N–H and O–H groups in total. The van der Waals surface area contributed by atoms with Crippen molar-refractivity contribution >= 4 is 22.5 Å². The lowest BCUT2D eigenvalue weighted by atomic mass is 10.0. The van der Waals surface area contributed by atoms with Crippen molar-refractivity contribution in [1.29, 1.82) is 0 Å². The van der Waals surface area contributed by atoms with Crippen LogP contribution in [0.3, 0.4) is 0 Å². The lowest BCUT2D eigenvalue weighted by Gasteiger charge is -2.38. The molecule has 1 atom stereocenters. The van der Waals surface area contributed by atoms with E-state index in [1.807, 2.05) is 18.2 Å². The van der Waals surface area contributed by atoms with Crippen LogP contribution in [0.4, 0.5) is 10.5 Å². The molecule has 174 valence electrons. The molecule has 6 nitrogen and oxygen atoms in total. The molecule has 1 fully saturated rings. The van der Waals surface area contributed by atoms with Crippen LogP contribution in [0.2, 0.25) is 0 Å². The fraction of sp³-hybridized carbons (Fsp3) is 0.370. The lowest BCUT2D eigenvalue weighted by Crippen LogP contribution is -2.49. The molecule has 0 spiro atoms. The zero-order chi connectivity index (χ0) is 23.2. The first-order chi connectivity index (χ1) is 16.0. The van der Waals surface area contributed by atoms with Gasteiger partial charge in [-0.05, 0) is 41.1 Å². The summed E-state index contributed by atoms with van der Waals surface area (Å²) in [7, 11) is 6.26. The summed E-state index contributed by atoms with van der Waals surface area (Å²) in [4.78, 5) is 19.7. The number of anilines is 1. The zero-order valence-electron chi connectivity index (χ0n) is 19.9. The number of rotatable bonds is 7. The standard InChI is InChI=1S/C27H35N5O/c1-30(2)24-13-11-22(12-14-24)26(32-17-15-31(3)16-18-32)20-29-27(33)28-19-23-9-6-8-21-7-4-5-10-25(21)23/h4-14,26H,15-20H2,1-3H3,(H2,28,29,33). The maximum atomic E-state index is 12.7. The number of carbonyl (C=O) groups excluding carboxylic acids is 1. The van der Waals surface area contributed by atoms with E-state index in [0.717, 1.165) is 31.7 Å². The SMILES string of the molecule is CN1CCN(C(CNC(=O)NCc2cccc3ccccc23)c2ccc(N(C)C)cc2)CC1. The number of hydrogen-bond donors (Lipinski definition) is 2. The number of nitrogens with one attached hydrogen (secondary N) is 2. The molecule has 1 unspecified atom stereocenters. The Morgan fingerprint density at radius 1 is 0.909 bits per heavy atom. The normalized spacial score (nSPS) is 15.8. The second-order valence-electron chi connectivity index (χ2n) is 9.04. The Hall–Kier alpha value is -3.09. The average Bonchev–Trinajstić information content (AvgIpc) is 2.84. The molecule has 3 aromatic carbocycles. The van der Waals surface area contributed by atoms with Crippen LogP contribution in [-0.2, 0) is 6.54 Å². The number of urea groups is 1. The Balaban J connectivity index is 1.40. The van der Waals surface area contributed by atoms with Crippen LogP contribution in [0, 0.1) is 0 Å². The maximum absolute atomic E-state index is 12.7. The smallest absolute Gasteiger partial charge is 0.315 e. The highest BCUT2D eigenvalue weighted by Crippen LogP contribution is 2.24. The molecule has 0 aliphatic carbocycles. The van der Waals surface area contributed by atoms with E-state index in [4.69, 9.17) is 0 Å². The Bertz CT molecular complexity index is 1050. The summed E-state index contributed by atoms with van der Waals surface area (Å²) in [5.74, 6) is 0. The Kier molecular flexibility index (Phi) is 7.47. The minimum atomic E-state index is -0.132. The number of hydrogen-bond acceptors (Lipinski definition) is 4. The van der Waals surface area contributed by atoms with E-state index < -0.39 is 0 Å². The van der Waals surface area contributed by atoms with Gasteiger partial charge < -0.3 is 20.4 Å². The third-order valence-corrected chi connectivity index (χ3v) is 6.55. The van der Waals surface area contributed by atoms with Gasteiger partial charge in [-0.3, -0.25) is 4.90 Å². The van der Waals surface area contributed by atoms with E-state index in [9.17, 15) is 4.79 Å². The third kappa shape index (κ3) is 5.83. The first-order valence-electron chi connectivity index (χ1n) is 11.7. The number of likely N-dealkylation sites (N-methyl/N-ethyl adjacent to an activating group) is 1. The van der Waals surface area contributed by atoms with Crippen molar-refractivity contribution < 1.29 is 4.79 Å². The largest absolute Gasteiger partial charge is 0.378 e.